The molecule has 2 aromatic carbocycles. The van der Waals surface area contributed by atoms with E-state index in [1.807, 2.05) is 20.8 Å². The SMILES string of the molecule is COc1ccc(N(C)S(=O)(=O)c2cccc(C(=O)N3CCN(C(=O)C(C)(C)C)CC3)c2)cc1. The molecule has 1 aliphatic heterocycles. The summed E-state index contributed by atoms with van der Waals surface area (Å²) in [5.74, 6) is 0.438. The molecule has 1 aliphatic rings. The van der Waals surface area contributed by atoms with Crippen molar-refractivity contribution in [1.29, 1.82) is 0 Å². The molecular formula is C24H31N3O5S. The number of carbonyl (C=O) groups is 2. The van der Waals surface area contributed by atoms with Gasteiger partial charge in [-0.2, -0.15) is 0 Å². The third kappa shape index (κ3) is 5.30. The number of carbonyl (C=O) groups excluding carboxylic acids is 2. The molecule has 0 spiro atoms. The molecule has 0 saturated carbocycles. The smallest absolute Gasteiger partial charge is 0.264 e. The number of hydrogen-bond donors (Lipinski definition) is 0. The second-order valence-corrected chi connectivity index (χ2v) is 11.0. The number of hydrogen-bond acceptors (Lipinski definition) is 5. The summed E-state index contributed by atoms with van der Waals surface area (Å²) < 4.78 is 32.6. The van der Waals surface area contributed by atoms with Crippen molar-refractivity contribution in [2.24, 2.45) is 5.41 Å². The number of ether oxygens (including phenoxy) is 1. The first-order valence-electron chi connectivity index (χ1n) is 10.8. The highest BCUT2D eigenvalue weighted by molar-refractivity contribution is 7.92. The quantitative estimate of drug-likeness (QED) is 0.667. The Labute approximate surface area is 195 Å². The first-order chi connectivity index (χ1) is 15.4. The van der Waals surface area contributed by atoms with Crippen LogP contribution in [-0.4, -0.2) is 70.4 Å². The molecule has 33 heavy (non-hydrogen) atoms. The van der Waals surface area contributed by atoms with Gasteiger partial charge in [0.05, 0.1) is 17.7 Å². The van der Waals surface area contributed by atoms with Gasteiger partial charge in [-0.1, -0.05) is 26.8 Å². The number of piperazine rings is 1. The lowest BCUT2D eigenvalue weighted by Crippen LogP contribution is -2.53. The zero-order valence-electron chi connectivity index (χ0n) is 19.7. The molecular weight excluding hydrogens is 442 g/mol. The number of amides is 2. The highest BCUT2D eigenvalue weighted by atomic mass is 32.2. The van der Waals surface area contributed by atoms with E-state index in [1.165, 1.54) is 23.5 Å². The second kappa shape index (κ2) is 9.43. The molecule has 1 saturated heterocycles. The van der Waals surface area contributed by atoms with Crippen LogP contribution in [0.3, 0.4) is 0 Å². The minimum absolute atomic E-state index is 0.0354. The van der Waals surface area contributed by atoms with Gasteiger partial charge < -0.3 is 14.5 Å². The van der Waals surface area contributed by atoms with Crippen LogP contribution < -0.4 is 9.04 Å². The second-order valence-electron chi connectivity index (χ2n) is 9.03. The average Bonchev–Trinajstić information content (AvgIpc) is 2.82. The van der Waals surface area contributed by atoms with Crippen LogP contribution in [-0.2, 0) is 14.8 Å². The largest absolute Gasteiger partial charge is 0.497 e. The predicted molar refractivity (Wildman–Crippen MR) is 127 cm³/mol. The molecule has 0 radical (unpaired) electrons. The summed E-state index contributed by atoms with van der Waals surface area (Å²) in [7, 11) is -0.855. The number of sulfonamides is 1. The van der Waals surface area contributed by atoms with Crippen LogP contribution in [0.25, 0.3) is 0 Å². The summed E-state index contributed by atoms with van der Waals surface area (Å²) in [6.07, 6.45) is 0. The Morgan fingerprint density at radius 3 is 2.06 bits per heavy atom. The van der Waals surface area contributed by atoms with Crippen LogP contribution in [0.1, 0.15) is 31.1 Å². The van der Waals surface area contributed by atoms with E-state index < -0.39 is 15.4 Å². The standard InChI is InChI=1S/C24H31N3O5S/c1-24(2,3)23(29)27-15-13-26(14-16-27)22(28)18-7-6-8-21(17-18)33(30,31)25(4)19-9-11-20(32-5)12-10-19/h6-12,17H,13-16H2,1-5H3. The molecule has 0 aliphatic carbocycles. The first kappa shape index (κ1) is 24.6. The molecule has 178 valence electrons. The topological polar surface area (TPSA) is 87.2 Å². The molecule has 0 aromatic heterocycles. The summed E-state index contributed by atoms with van der Waals surface area (Å²) in [5.41, 5.74) is 0.312. The van der Waals surface area contributed by atoms with Gasteiger partial charge in [-0.25, -0.2) is 8.42 Å². The summed E-state index contributed by atoms with van der Waals surface area (Å²) in [5, 5.41) is 0. The van der Waals surface area contributed by atoms with Crippen molar-refractivity contribution in [2.45, 2.75) is 25.7 Å². The lowest BCUT2D eigenvalue weighted by molar-refractivity contribution is -0.140. The molecule has 8 nitrogen and oxygen atoms in total. The van der Waals surface area contributed by atoms with E-state index in [1.54, 1.807) is 53.3 Å². The van der Waals surface area contributed by atoms with Gasteiger partial charge in [0.2, 0.25) is 5.91 Å². The van der Waals surface area contributed by atoms with E-state index in [4.69, 9.17) is 4.74 Å². The number of rotatable bonds is 5. The minimum atomic E-state index is -3.87. The molecule has 0 unspecified atom stereocenters. The van der Waals surface area contributed by atoms with Crippen LogP contribution in [0.5, 0.6) is 5.75 Å². The third-order valence-electron chi connectivity index (χ3n) is 5.67. The monoisotopic (exact) mass is 473 g/mol. The van der Waals surface area contributed by atoms with E-state index in [0.29, 0.717) is 43.2 Å². The van der Waals surface area contributed by atoms with Gasteiger partial charge in [-0.3, -0.25) is 13.9 Å². The summed E-state index contributed by atoms with van der Waals surface area (Å²) in [6.45, 7) is 7.36. The number of anilines is 1. The third-order valence-corrected chi connectivity index (χ3v) is 7.45. The van der Waals surface area contributed by atoms with Crippen LogP contribution in [0.4, 0.5) is 5.69 Å². The summed E-state index contributed by atoms with van der Waals surface area (Å²) in [4.78, 5) is 29.0. The Bertz CT molecular complexity index is 1120. The van der Waals surface area contributed by atoms with Crippen molar-refractivity contribution in [3.05, 3.63) is 54.1 Å². The Balaban J connectivity index is 1.75. The van der Waals surface area contributed by atoms with Crippen molar-refractivity contribution in [1.82, 2.24) is 9.80 Å². The fourth-order valence-electron chi connectivity index (χ4n) is 3.65. The lowest BCUT2D eigenvalue weighted by atomic mass is 9.94. The molecule has 2 amide bonds. The normalized spacial score (nSPS) is 14.7. The zero-order chi connectivity index (χ0) is 24.4. The van der Waals surface area contributed by atoms with E-state index in [-0.39, 0.29) is 16.7 Å². The maximum atomic E-state index is 13.2. The zero-order valence-corrected chi connectivity index (χ0v) is 20.6. The van der Waals surface area contributed by atoms with Crippen molar-refractivity contribution in [3.8, 4) is 5.75 Å². The van der Waals surface area contributed by atoms with Gasteiger partial charge in [0, 0.05) is 44.2 Å². The number of methoxy groups -OCH3 is 1. The maximum Gasteiger partial charge on any atom is 0.264 e. The summed E-state index contributed by atoms with van der Waals surface area (Å²) in [6, 6.07) is 12.8. The predicted octanol–water partition coefficient (Wildman–Crippen LogP) is 2.85. The van der Waals surface area contributed by atoms with Gasteiger partial charge in [-0.15, -0.1) is 0 Å². The molecule has 3 rings (SSSR count). The van der Waals surface area contributed by atoms with Crippen LogP contribution in [0.15, 0.2) is 53.4 Å². The lowest BCUT2D eigenvalue weighted by Gasteiger charge is -2.37. The van der Waals surface area contributed by atoms with E-state index in [2.05, 4.69) is 0 Å². The van der Waals surface area contributed by atoms with Gasteiger partial charge >= 0.3 is 0 Å². The van der Waals surface area contributed by atoms with Crippen LogP contribution in [0, 0.1) is 5.41 Å². The Kier molecular flexibility index (Phi) is 7.02. The van der Waals surface area contributed by atoms with Crippen LogP contribution in [0.2, 0.25) is 0 Å². The van der Waals surface area contributed by atoms with Gasteiger partial charge in [-0.05, 0) is 42.5 Å². The molecule has 1 fully saturated rings. The highest BCUT2D eigenvalue weighted by Gasteiger charge is 2.31. The van der Waals surface area contributed by atoms with Gasteiger partial charge in [0.15, 0.2) is 0 Å². The average molecular weight is 474 g/mol. The first-order valence-corrected chi connectivity index (χ1v) is 12.2. The van der Waals surface area contributed by atoms with Gasteiger partial charge in [0.1, 0.15) is 5.75 Å². The fourth-order valence-corrected chi connectivity index (χ4v) is 4.89. The number of benzene rings is 2. The minimum Gasteiger partial charge on any atom is -0.497 e. The van der Waals surface area contributed by atoms with Crippen molar-refractivity contribution in [3.63, 3.8) is 0 Å². The van der Waals surface area contributed by atoms with Crippen molar-refractivity contribution < 1.29 is 22.7 Å². The molecule has 0 N–H and O–H groups in total. The van der Waals surface area contributed by atoms with Crippen LogP contribution >= 0.6 is 0 Å². The molecule has 1 heterocycles. The molecule has 9 heteroatoms. The Hall–Kier alpha value is -3.07. The summed E-state index contributed by atoms with van der Waals surface area (Å²) >= 11 is 0. The molecule has 2 aromatic rings. The van der Waals surface area contributed by atoms with Crippen molar-refractivity contribution >= 4 is 27.5 Å². The number of nitrogens with zero attached hydrogens (tertiary/aromatic N) is 3. The van der Waals surface area contributed by atoms with Crippen molar-refractivity contribution in [2.75, 3.05) is 44.6 Å². The maximum absolute atomic E-state index is 13.2. The van der Waals surface area contributed by atoms with E-state index >= 15 is 0 Å². The highest BCUT2D eigenvalue weighted by Crippen LogP contribution is 2.25. The van der Waals surface area contributed by atoms with E-state index in [9.17, 15) is 18.0 Å². The molecule has 0 bridgehead atoms. The Morgan fingerprint density at radius 2 is 1.52 bits per heavy atom. The van der Waals surface area contributed by atoms with Gasteiger partial charge in [0.25, 0.3) is 15.9 Å². The Morgan fingerprint density at radius 1 is 0.939 bits per heavy atom. The molecule has 0 atom stereocenters. The van der Waals surface area contributed by atoms with E-state index in [0.717, 1.165) is 0 Å². The fraction of sp³-hybridized carbons (Fsp3) is 0.417.